The first-order valence-corrected chi connectivity index (χ1v) is 10.3. The van der Waals surface area contributed by atoms with Crippen molar-refractivity contribution >= 4 is 16.7 Å². The summed E-state index contributed by atoms with van der Waals surface area (Å²) < 4.78 is 24.9. The summed E-state index contributed by atoms with van der Waals surface area (Å²) in [6.07, 6.45) is 1.05. The van der Waals surface area contributed by atoms with Crippen LogP contribution in [0.2, 0.25) is 0 Å². The van der Waals surface area contributed by atoms with Gasteiger partial charge in [-0.05, 0) is 22.4 Å². The van der Waals surface area contributed by atoms with Crippen LogP contribution in [-0.4, -0.2) is 40.4 Å². The Bertz CT molecular complexity index is 1300. The molecular formula is C23H22N2O7. The molecule has 2 fully saturated rings. The molecule has 3 heterocycles. The van der Waals surface area contributed by atoms with Crippen molar-refractivity contribution in [1.82, 2.24) is 9.55 Å². The van der Waals surface area contributed by atoms with Gasteiger partial charge in [0.15, 0.2) is 0 Å². The molecule has 0 unspecified atom stereocenters. The molecule has 2 aromatic carbocycles. The summed E-state index contributed by atoms with van der Waals surface area (Å²) in [6, 6.07) is 15.1. The minimum absolute atomic E-state index is 0.0297. The number of ether oxygens (including phenoxy) is 4. The molecule has 0 saturated carbocycles. The van der Waals surface area contributed by atoms with E-state index in [9.17, 15) is 14.4 Å². The summed E-state index contributed by atoms with van der Waals surface area (Å²) >= 11 is 0. The quantitative estimate of drug-likeness (QED) is 0.583. The number of hydrogen-bond donors (Lipinski definition) is 1. The van der Waals surface area contributed by atoms with Gasteiger partial charge in [-0.25, -0.2) is 9.36 Å². The van der Waals surface area contributed by atoms with Gasteiger partial charge in [0.1, 0.15) is 18.3 Å². The van der Waals surface area contributed by atoms with E-state index in [0.29, 0.717) is 6.42 Å². The fourth-order valence-corrected chi connectivity index (χ4v) is 4.33. The first kappa shape index (κ1) is 20.6. The summed E-state index contributed by atoms with van der Waals surface area (Å²) in [5.41, 5.74) is -1.29. The molecule has 2 aliphatic rings. The predicted octanol–water partition coefficient (Wildman–Crippen LogP) is 1.64. The van der Waals surface area contributed by atoms with E-state index in [-0.39, 0.29) is 19.8 Å². The van der Waals surface area contributed by atoms with Gasteiger partial charge in [0.25, 0.3) is 11.5 Å². The second-order valence-electron chi connectivity index (χ2n) is 8.15. The molecule has 0 aliphatic carbocycles. The molecule has 0 spiro atoms. The standard InChI is InChI=1S/C23H22N2O7/c1-15(26)29-13-22-11-19(30-14-22)23(32-22,25-9-8-20(27)24-21(25)28)31-12-16-6-7-17-4-2-3-5-18(17)10-16/h2-10,19H,11-14H2,1H3,(H,24,27,28)/t19-,22+,23+/m0/s1. The summed E-state index contributed by atoms with van der Waals surface area (Å²) in [4.78, 5) is 37.9. The third-order valence-electron chi connectivity index (χ3n) is 5.83. The van der Waals surface area contributed by atoms with Gasteiger partial charge in [-0.2, -0.15) is 0 Å². The normalized spacial score (nSPS) is 26.5. The first-order valence-electron chi connectivity index (χ1n) is 10.3. The van der Waals surface area contributed by atoms with Crippen molar-refractivity contribution in [1.29, 1.82) is 0 Å². The van der Waals surface area contributed by atoms with E-state index in [2.05, 4.69) is 4.98 Å². The van der Waals surface area contributed by atoms with E-state index in [1.54, 1.807) is 0 Å². The summed E-state index contributed by atoms with van der Waals surface area (Å²) in [7, 11) is 0. The lowest BCUT2D eigenvalue weighted by Crippen LogP contribution is -2.56. The molecular weight excluding hydrogens is 416 g/mol. The number of rotatable bonds is 6. The van der Waals surface area contributed by atoms with Crippen LogP contribution in [0.1, 0.15) is 18.9 Å². The Balaban J connectivity index is 1.50. The number of nitrogens with one attached hydrogen (secondary N) is 1. The van der Waals surface area contributed by atoms with Gasteiger partial charge in [-0.1, -0.05) is 36.4 Å². The van der Waals surface area contributed by atoms with Gasteiger partial charge in [0.2, 0.25) is 0 Å². The van der Waals surface area contributed by atoms with Crippen LogP contribution in [0.4, 0.5) is 0 Å². The summed E-state index contributed by atoms with van der Waals surface area (Å²) in [5, 5.41) is 2.16. The monoisotopic (exact) mass is 438 g/mol. The fraction of sp³-hybridized carbons (Fsp3) is 0.348. The number of carbonyl (C=O) groups excluding carboxylic acids is 1. The lowest BCUT2D eigenvalue weighted by Gasteiger charge is -2.40. The topological polar surface area (TPSA) is 109 Å². The predicted molar refractivity (Wildman–Crippen MR) is 113 cm³/mol. The zero-order valence-electron chi connectivity index (χ0n) is 17.4. The van der Waals surface area contributed by atoms with Gasteiger partial charge in [-0.3, -0.25) is 14.6 Å². The maximum Gasteiger partial charge on any atom is 0.332 e. The van der Waals surface area contributed by atoms with E-state index in [4.69, 9.17) is 18.9 Å². The number of benzene rings is 2. The van der Waals surface area contributed by atoms with Crippen molar-refractivity contribution in [3.8, 4) is 0 Å². The highest BCUT2D eigenvalue weighted by Gasteiger charge is 2.65. The molecule has 0 amide bonds. The van der Waals surface area contributed by atoms with Crippen molar-refractivity contribution in [2.24, 2.45) is 0 Å². The summed E-state index contributed by atoms with van der Waals surface area (Å²) in [6.45, 7) is 1.61. The van der Waals surface area contributed by atoms with Gasteiger partial charge >= 0.3 is 11.7 Å². The number of hydrogen-bond acceptors (Lipinski definition) is 7. The highest BCUT2D eigenvalue weighted by atomic mass is 16.8. The minimum Gasteiger partial charge on any atom is -0.463 e. The van der Waals surface area contributed by atoms with E-state index in [1.807, 2.05) is 42.5 Å². The minimum atomic E-state index is -1.62. The van der Waals surface area contributed by atoms with Gasteiger partial charge < -0.3 is 18.9 Å². The van der Waals surface area contributed by atoms with Crippen molar-refractivity contribution < 1.29 is 23.7 Å². The third-order valence-corrected chi connectivity index (χ3v) is 5.83. The Morgan fingerprint density at radius 1 is 1.19 bits per heavy atom. The number of aromatic amines is 1. The largest absolute Gasteiger partial charge is 0.463 e. The lowest BCUT2D eigenvalue weighted by molar-refractivity contribution is -0.374. The molecule has 9 nitrogen and oxygen atoms in total. The highest BCUT2D eigenvalue weighted by Crippen LogP contribution is 2.49. The molecule has 2 aliphatic heterocycles. The number of carbonyl (C=O) groups is 1. The number of H-pyrrole nitrogens is 1. The molecule has 9 heteroatoms. The van der Waals surface area contributed by atoms with Gasteiger partial charge in [-0.15, -0.1) is 0 Å². The van der Waals surface area contributed by atoms with Crippen molar-refractivity contribution in [2.45, 2.75) is 37.6 Å². The van der Waals surface area contributed by atoms with Gasteiger partial charge in [0, 0.05) is 25.6 Å². The average Bonchev–Trinajstić information content (AvgIpc) is 3.34. The molecule has 2 bridgehead atoms. The number of fused-ring (bicyclic) bond motifs is 3. The number of aromatic nitrogens is 2. The van der Waals surface area contributed by atoms with E-state index in [0.717, 1.165) is 16.3 Å². The Labute approximate surface area is 182 Å². The van der Waals surface area contributed by atoms with Crippen molar-refractivity contribution in [3.63, 3.8) is 0 Å². The summed E-state index contributed by atoms with van der Waals surface area (Å²) in [5.74, 6) is -2.06. The molecule has 32 heavy (non-hydrogen) atoms. The molecule has 1 N–H and O–H groups in total. The molecule has 5 rings (SSSR count). The van der Waals surface area contributed by atoms with Crippen LogP contribution in [0.15, 0.2) is 64.3 Å². The van der Waals surface area contributed by atoms with Crippen LogP contribution >= 0.6 is 0 Å². The Morgan fingerprint density at radius 2 is 2.00 bits per heavy atom. The zero-order valence-corrected chi connectivity index (χ0v) is 17.4. The van der Waals surface area contributed by atoms with Crippen LogP contribution in [0, 0.1) is 0 Å². The molecule has 166 valence electrons. The van der Waals surface area contributed by atoms with Crippen molar-refractivity contribution in [2.75, 3.05) is 13.2 Å². The molecule has 0 radical (unpaired) electrons. The van der Waals surface area contributed by atoms with E-state index < -0.39 is 34.8 Å². The SMILES string of the molecule is CC(=O)OC[C@@]12CO[C@@H](C1)[C@](OCc1ccc3ccccc3c1)(n1ccc(=O)[nH]c1=O)O2. The molecule has 3 atom stereocenters. The van der Waals surface area contributed by atoms with Gasteiger partial charge in [0.05, 0.1) is 13.2 Å². The average molecular weight is 438 g/mol. The zero-order chi connectivity index (χ0) is 22.3. The molecule has 3 aromatic rings. The van der Waals surface area contributed by atoms with E-state index >= 15 is 0 Å². The molecule has 1 aromatic heterocycles. The van der Waals surface area contributed by atoms with Crippen LogP contribution in [0.3, 0.4) is 0 Å². The third kappa shape index (κ3) is 3.54. The second-order valence-corrected chi connectivity index (χ2v) is 8.15. The smallest absolute Gasteiger partial charge is 0.332 e. The Hall–Kier alpha value is -3.27. The van der Waals surface area contributed by atoms with E-state index in [1.165, 1.54) is 23.8 Å². The Kier molecular flexibility index (Phi) is 4.96. The first-order chi connectivity index (χ1) is 15.4. The van der Waals surface area contributed by atoms with Crippen LogP contribution < -0.4 is 11.2 Å². The van der Waals surface area contributed by atoms with Crippen LogP contribution in [-0.2, 0) is 36.3 Å². The molecule has 2 saturated heterocycles. The Morgan fingerprint density at radius 3 is 2.78 bits per heavy atom. The number of esters is 1. The van der Waals surface area contributed by atoms with Crippen molar-refractivity contribution in [3.05, 3.63) is 81.1 Å². The highest BCUT2D eigenvalue weighted by molar-refractivity contribution is 5.82. The fourth-order valence-electron chi connectivity index (χ4n) is 4.33. The maximum atomic E-state index is 12.7. The number of nitrogens with zero attached hydrogens (tertiary/aromatic N) is 1. The lowest BCUT2D eigenvalue weighted by atomic mass is 10.0. The van der Waals surface area contributed by atoms with Crippen LogP contribution in [0.25, 0.3) is 10.8 Å². The van der Waals surface area contributed by atoms with Crippen LogP contribution in [0.5, 0.6) is 0 Å². The maximum absolute atomic E-state index is 12.7. The second kappa shape index (κ2) is 7.70.